The SMILES string of the molecule is CC(N)c1cccnc1Oc1ccccc1Cl. The van der Waals surface area contributed by atoms with Gasteiger partial charge in [-0.3, -0.25) is 0 Å². The fourth-order valence-corrected chi connectivity index (χ4v) is 1.64. The molecule has 1 aromatic carbocycles. The molecule has 0 bridgehead atoms. The van der Waals surface area contributed by atoms with Crippen molar-refractivity contribution in [2.24, 2.45) is 5.73 Å². The Hall–Kier alpha value is -1.58. The molecule has 0 fully saturated rings. The molecule has 88 valence electrons. The Labute approximate surface area is 105 Å². The van der Waals surface area contributed by atoms with Crippen LogP contribution in [-0.4, -0.2) is 4.98 Å². The van der Waals surface area contributed by atoms with Crippen LogP contribution in [0.2, 0.25) is 5.02 Å². The third-order valence-electron chi connectivity index (χ3n) is 2.33. The Morgan fingerprint density at radius 2 is 2.00 bits per heavy atom. The molecule has 3 nitrogen and oxygen atoms in total. The molecule has 2 N–H and O–H groups in total. The third kappa shape index (κ3) is 2.75. The zero-order valence-corrected chi connectivity index (χ0v) is 10.2. The van der Waals surface area contributed by atoms with E-state index in [0.29, 0.717) is 16.7 Å². The van der Waals surface area contributed by atoms with Crippen LogP contribution in [0.1, 0.15) is 18.5 Å². The molecule has 0 radical (unpaired) electrons. The van der Waals surface area contributed by atoms with E-state index in [4.69, 9.17) is 22.1 Å². The van der Waals surface area contributed by atoms with Gasteiger partial charge in [0.05, 0.1) is 5.02 Å². The second-order valence-corrected chi connectivity index (χ2v) is 4.13. The van der Waals surface area contributed by atoms with E-state index in [0.717, 1.165) is 5.56 Å². The molecule has 1 unspecified atom stereocenters. The van der Waals surface area contributed by atoms with Crippen LogP contribution in [0.25, 0.3) is 0 Å². The number of nitrogens with two attached hydrogens (primary N) is 1. The van der Waals surface area contributed by atoms with Gasteiger partial charge in [-0.1, -0.05) is 29.8 Å². The highest BCUT2D eigenvalue weighted by Gasteiger charge is 2.10. The highest BCUT2D eigenvalue weighted by atomic mass is 35.5. The molecule has 0 saturated carbocycles. The molecule has 17 heavy (non-hydrogen) atoms. The van der Waals surface area contributed by atoms with Gasteiger partial charge in [0.25, 0.3) is 0 Å². The molecular formula is C13H13ClN2O. The number of benzene rings is 1. The maximum absolute atomic E-state index is 6.02. The molecular weight excluding hydrogens is 236 g/mol. The molecule has 1 atom stereocenters. The minimum atomic E-state index is -0.138. The van der Waals surface area contributed by atoms with Crippen LogP contribution in [0.15, 0.2) is 42.6 Å². The highest BCUT2D eigenvalue weighted by molar-refractivity contribution is 6.32. The summed E-state index contributed by atoms with van der Waals surface area (Å²) in [6.45, 7) is 1.89. The van der Waals surface area contributed by atoms with Crippen LogP contribution in [0, 0.1) is 0 Å². The average Bonchev–Trinajstić information content (AvgIpc) is 2.32. The smallest absolute Gasteiger partial charge is 0.224 e. The average molecular weight is 249 g/mol. The summed E-state index contributed by atoms with van der Waals surface area (Å²) < 4.78 is 5.68. The first kappa shape index (κ1) is 11.9. The second kappa shape index (κ2) is 5.17. The molecule has 0 spiro atoms. The van der Waals surface area contributed by atoms with E-state index in [1.54, 1.807) is 18.3 Å². The summed E-state index contributed by atoms with van der Waals surface area (Å²) in [5, 5.41) is 0.550. The number of halogens is 1. The number of pyridine rings is 1. The van der Waals surface area contributed by atoms with Gasteiger partial charge in [-0.05, 0) is 25.1 Å². The number of hydrogen-bond acceptors (Lipinski definition) is 3. The summed E-state index contributed by atoms with van der Waals surface area (Å²) in [4.78, 5) is 4.18. The van der Waals surface area contributed by atoms with Crippen molar-refractivity contribution in [3.63, 3.8) is 0 Å². The third-order valence-corrected chi connectivity index (χ3v) is 2.65. The van der Waals surface area contributed by atoms with E-state index in [9.17, 15) is 0 Å². The van der Waals surface area contributed by atoms with Gasteiger partial charge >= 0.3 is 0 Å². The maximum Gasteiger partial charge on any atom is 0.224 e. The Kier molecular flexibility index (Phi) is 3.61. The van der Waals surface area contributed by atoms with Crippen molar-refractivity contribution in [2.45, 2.75) is 13.0 Å². The van der Waals surface area contributed by atoms with E-state index in [-0.39, 0.29) is 6.04 Å². The van der Waals surface area contributed by atoms with Crippen molar-refractivity contribution in [2.75, 3.05) is 0 Å². The zero-order valence-electron chi connectivity index (χ0n) is 9.43. The van der Waals surface area contributed by atoms with Crippen LogP contribution >= 0.6 is 11.6 Å². The zero-order chi connectivity index (χ0) is 12.3. The van der Waals surface area contributed by atoms with Crippen LogP contribution in [0.3, 0.4) is 0 Å². The maximum atomic E-state index is 6.02. The van der Waals surface area contributed by atoms with Crippen LogP contribution < -0.4 is 10.5 Å². The van der Waals surface area contributed by atoms with Gasteiger partial charge in [-0.25, -0.2) is 4.98 Å². The first-order valence-corrected chi connectivity index (χ1v) is 5.69. The van der Waals surface area contributed by atoms with Crippen molar-refractivity contribution in [1.29, 1.82) is 0 Å². The van der Waals surface area contributed by atoms with Gasteiger partial charge < -0.3 is 10.5 Å². The predicted molar refractivity (Wildman–Crippen MR) is 68.4 cm³/mol. The first-order valence-electron chi connectivity index (χ1n) is 5.31. The lowest BCUT2D eigenvalue weighted by molar-refractivity contribution is 0.452. The normalized spacial score (nSPS) is 12.2. The van der Waals surface area contributed by atoms with Gasteiger partial charge in [0.1, 0.15) is 5.75 Å². The Morgan fingerprint density at radius 1 is 1.24 bits per heavy atom. The molecule has 1 aromatic heterocycles. The number of aromatic nitrogens is 1. The summed E-state index contributed by atoms with van der Waals surface area (Å²) in [5.41, 5.74) is 6.71. The van der Waals surface area contributed by atoms with Gasteiger partial charge in [-0.15, -0.1) is 0 Å². The monoisotopic (exact) mass is 248 g/mol. The summed E-state index contributed by atoms with van der Waals surface area (Å²) in [5.74, 6) is 1.07. The number of hydrogen-bond donors (Lipinski definition) is 1. The summed E-state index contributed by atoms with van der Waals surface area (Å²) in [6, 6.07) is 10.9. The predicted octanol–water partition coefficient (Wildman–Crippen LogP) is 3.55. The topological polar surface area (TPSA) is 48.1 Å². The van der Waals surface area contributed by atoms with Gasteiger partial charge in [0, 0.05) is 17.8 Å². The second-order valence-electron chi connectivity index (χ2n) is 3.72. The van der Waals surface area contributed by atoms with Crippen molar-refractivity contribution in [3.05, 3.63) is 53.2 Å². The number of para-hydroxylation sites is 1. The lowest BCUT2D eigenvalue weighted by atomic mass is 10.1. The Morgan fingerprint density at radius 3 is 2.71 bits per heavy atom. The fraction of sp³-hybridized carbons (Fsp3) is 0.154. The lowest BCUT2D eigenvalue weighted by Crippen LogP contribution is -2.07. The van der Waals surface area contributed by atoms with Crippen molar-refractivity contribution >= 4 is 11.6 Å². The fourth-order valence-electron chi connectivity index (χ4n) is 1.47. The van der Waals surface area contributed by atoms with E-state index in [1.165, 1.54) is 0 Å². The Balaban J connectivity index is 2.34. The highest BCUT2D eigenvalue weighted by Crippen LogP contribution is 2.30. The summed E-state index contributed by atoms with van der Waals surface area (Å²) >= 11 is 6.02. The van der Waals surface area contributed by atoms with Gasteiger partial charge in [0.2, 0.25) is 5.88 Å². The standard InChI is InChI=1S/C13H13ClN2O/c1-9(15)10-5-4-8-16-13(10)17-12-7-3-2-6-11(12)14/h2-9H,15H2,1H3. The molecule has 2 aromatic rings. The quantitative estimate of drug-likeness (QED) is 0.904. The summed E-state index contributed by atoms with van der Waals surface area (Å²) in [7, 11) is 0. The minimum Gasteiger partial charge on any atom is -0.437 e. The minimum absolute atomic E-state index is 0.138. The molecule has 0 aliphatic carbocycles. The first-order chi connectivity index (χ1) is 8.18. The Bertz CT molecular complexity index is 514. The van der Waals surface area contributed by atoms with Crippen LogP contribution in [-0.2, 0) is 0 Å². The van der Waals surface area contributed by atoms with Crippen molar-refractivity contribution in [3.8, 4) is 11.6 Å². The number of ether oxygens (including phenoxy) is 1. The molecule has 0 amide bonds. The molecule has 2 rings (SSSR count). The number of rotatable bonds is 3. The largest absolute Gasteiger partial charge is 0.437 e. The van der Waals surface area contributed by atoms with Crippen LogP contribution in [0.5, 0.6) is 11.6 Å². The van der Waals surface area contributed by atoms with Gasteiger partial charge in [0.15, 0.2) is 0 Å². The van der Waals surface area contributed by atoms with E-state index in [1.807, 2.05) is 31.2 Å². The molecule has 1 heterocycles. The van der Waals surface area contributed by atoms with E-state index in [2.05, 4.69) is 4.98 Å². The molecule has 0 aliphatic heterocycles. The van der Waals surface area contributed by atoms with E-state index >= 15 is 0 Å². The van der Waals surface area contributed by atoms with E-state index < -0.39 is 0 Å². The van der Waals surface area contributed by atoms with Gasteiger partial charge in [-0.2, -0.15) is 0 Å². The van der Waals surface area contributed by atoms with Crippen molar-refractivity contribution < 1.29 is 4.74 Å². The summed E-state index contributed by atoms with van der Waals surface area (Å²) in [6.07, 6.45) is 1.66. The number of nitrogens with zero attached hydrogens (tertiary/aromatic N) is 1. The van der Waals surface area contributed by atoms with Crippen molar-refractivity contribution in [1.82, 2.24) is 4.98 Å². The van der Waals surface area contributed by atoms with Crippen LogP contribution in [0.4, 0.5) is 0 Å². The molecule has 0 aliphatic rings. The molecule has 0 saturated heterocycles. The molecule has 4 heteroatoms. The lowest BCUT2D eigenvalue weighted by Gasteiger charge is -2.12.